The van der Waals surface area contributed by atoms with Gasteiger partial charge in [0, 0.05) is 23.5 Å². The van der Waals surface area contributed by atoms with E-state index in [0.29, 0.717) is 11.1 Å². The van der Waals surface area contributed by atoms with Crippen LogP contribution in [-0.4, -0.2) is 27.5 Å². The van der Waals surface area contributed by atoms with Gasteiger partial charge in [0.05, 0.1) is 6.67 Å². The smallest absolute Gasteiger partial charge is 0.0904 e. The standard InChI is InChI=1S/C22H32N2/c1-2-24(22-12-18-6-19(13-22)8-20(22)7-18)14-23(1)21-9-15-3-16(10-21)5-17(4-15)11-21/h1-2,15-20H,3-14H2. The molecule has 2 unspecified atom stereocenters. The summed E-state index contributed by atoms with van der Waals surface area (Å²) < 4.78 is 0. The molecule has 8 fully saturated rings. The van der Waals surface area contributed by atoms with Gasteiger partial charge in [-0.15, -0.1) is 0 Å². The molecule has 0 spiro atoms. The quantitative estimate of drug-likeness (QED) is 0.733. The highest BCUT2D eigenvalue weighted by Gasteiger charge is 2.61. The van der Waals surface area contributed by atoms with E-state index in [-0.39, 0.29) is 0 Å². The van der Waals surface area contributed by atoms with E-state index < -0.39 is 0 Å². The largest absolute Gasteiger partial charge is 0.353 e. The first-order valence-corrected chi connectivity index (χ1v) is 10.9. The van der Waals surface area contributed by atoms with Crippen molar-refractivity contribution in [3.05, 3.63) is 12.4 Å². The molecule has 1 aliphatic heterocycles. The Kier molecular flexibility index (Phi) is 2.36. The van der Waals surface area contributed by atoms with E-state index in [0.717, 1.165) is 35.5 Å². The summed E-state index contributed by atoms with van der Waals surface area (Å²) in [7, 11) is 0. The van der Waals surface area contributed by atoms with Gasteiger partial charge in [-0.1, -0.05) is 0 Å². The van der Waals surface area contributed by atoms with Gasteiger partial charge < -0.3 is 9.80 Å². The Labute approximate surface area is 146 Å². The molecule has 8 bridgehead atoms. The van der Waals surface area contributed by atoms with Gasteiger partial charge in [0.25, 0.3) is 0 Å². The molecule has 24 heavy (non-hydrogen) atoms. The first-order valence-electron chi connectivity index (χ1n) is 10.9. The number of hydrogen-bond acceptors (Lipinski definition) is 2. The van der Waals surface area contributed by atoms with Crippen molar-refractivity contribution in [3.63, 3.8) is 0 Å². The summed E-state index contributed by atoms with van der Waals surface area (Å²) >= 11 is 0. The van der Waals surface area contributed by atoms with Crippen LogP contribution in [0.25, 0.3) is 0 Å². The normalized spacial score (nSPS) is 59.3. The van der Waals surface area contributed by atoms with E-state index in [4.69, 9.17) is 0 Å². The Hall–Kier alpha value is -0.660. The second-order valence-electron chi connectivity index (χ2n) is 11.2. The monoisotopic (exact) mass is 324 g/mol. The molecule has 0 amide bonds. The van der Waals surface area contributed by atoms with E-state index in [1.807, 2.05) is 0 Å². The average Bonchev–Trinajstić information content (AvgIpc) is 3.17. The Morgan fingerprint density at radius 1 is 0.583 bits per heavy atom. The molecule has 0 aromatic rings. The lowest BCUT2D eigenvalue weighted by Gasteiger charge is -2.60. The third-order valence-corrected chi connectivity index (χ3v) is 9.87. The zero-order chi connectivity index (χ0) is 15.5. The van der Waals surface area contributed by atoms with Crippen molar-refractivity contribution in [3.8, 4) is 0 Å². The maximum Gasteiger partial charge on any atom is 0.0904 e. The first-order chi connectivity index (χ1) is 11.7. The first kappa shape index (κ1) is 13.5. The third kappa shape index (κ3) is 1.56. The summed E-state index contributed by atoms with van der Waals surface area (Å²) in [6.45, 7) is 1.24. The van der Waals surface area contributed by atoms with Crippen LogP contribution in [0.15, 0.2) is 12.4 Å². The fourth-order valence-corrected chi connectivity index (χ4v) is 9.66. The van der Waals surface area contributed by atoms with Crippen LogP contribution in [0.3, 0.4) is 0 Å². The molecule has 8 saturated carbocycles. The maximum absolute atomic E-state index is 2.86. The fraction of sp³-hybridized carbons (Fsp3) is 0.909. The van der Waals surface area contributed by atoms with Crippen molar-refractivity contribution >= 4 is 0 Å². The molecule has 130 valence electrons. The van der Waals surface area contributed by atoms with Crippen LogP contribution in [-0.2, 0) is 0 Å². The molecule has 0 saturated heterocycles. The van der Waals surface area contributed by atoms with Gasteiger partial charge in [0.1, 0.15) is 0 Å². The van der Waals surface area contributed by atoms with Crippen LogP contribution in [0.1, 0.15) is 70.6 Å². The highest BCUT2D eigenvalue weighted by Crippen LogP contribution is 2.64. The van der Waals surface area contributed by atoms with E-state index in [2.05, 4.69) is 22.2 Å². The topological polar surface area (TPSA) is 6.48 Å². The second-order valence-corrected chi connectivity index (χ2v) is 11.2. The van der Waals surface area contributed by atoms with Gasteiger partial charge >= 0.3 is 0 Å². The third-order valence-electron chi connectivity index (χ3n) is 9.87. The summed E-state index contributed by atoms with van der Waals surface area (Å²) in [6.07, 6.45) is 22.0. The van der Waals surface area contributed by atoms with Crippen molar-refractivity contribution in [2.45, 2.75) is 81.7 Å². The lowest BCUT2D eigenvalue weighted by Crippen LogP contribution is -2.60. The molecule has 0 aromatic heterocycles. The highest BCUT2D eigenvalue weighted by molar-refractivity contribution is 5.19. The van der Waals surface area contributed by atoms with Crippen LogP contribution < -0.4 is 0 Å². The Balaban J connectivity index is 1.17. The predicted molar refractivity (Wildman–Crippen MR) is 94.9 cm³/mol. The molecule has 9 rings (SSSR count). The van der Waals surface area contributed by atoms with Crippen molar-refractivity contribution in [1.82, 2.24) is 9.80 Å². The SMILES string of the molecule is C1=CN(C23CC4CC(CC2C4)C3)CN1C12CC3CC(CC(C3)C1)C2. The van der Waals surface area contributed by atoms with Gasteiger partial charge in [-0.25, -0.2) is 0 Å². The summed E-state index contributed by atoms with van der Waals surface area (Å²) in [5.41, 5.74) is 1.15. The van der Waals surface area contributed by atoms with Crippen LogP contribution in [0.5, 0.6) is 0 Å². The Bertz CT molecular complexity index is 558. The van der Waals surface area contributed by atoms with Crippen LogP contribution in [0, 0.1) is 35.5 Å². The minimum atomic E-state index is 0.562. The summed E-state index contributed by atoms with van der Waals surface area (Å²) in [4.78, 5) is 5.71. The summed E-state index contributed by atoms with van der Waals surface area (Å²) in [5, 5.41) is 0. The maximum atomic E-state index is 2.86. The Morgan fingerprint density at radius 2 is 1.08 bits per heavy atom. The molecule has 8 aliphatic carbocycles. The zero-order valence-corrected chi connectivity index (χ0v) is 15.0. The zero-order valence-electron chi connectivity index (χ0n) is 15.0. The van der Waals surface area contributed by atoms with E-state index in [1.165, 1.54) is 38.8 Å². The van der Waals surface area contributed by atoms with E-state index in [1.54, 1.807) is 38.5 Å². The van der Waals surface area contributed by atoms with Gasteiger partial charge in [-0.05, 0) is 106 Å². The molecular weight excluding hydrogens is 292 g/mol. The lowest BCUT2D eigenvalue weighted by molar-refractivity contribution is -0.0821. The van der Waals surface area contributed by atoms with E-state index >= 15 is 0 Å². The van der Waals surface area contributed by atoms with Crippen LogP contribution in [0.4, 0.5) is 0 Å². The fourth-order valence-electron chi connectivity index (χ4n) is 9.66. The minimum absolute atomic E-state index is 0.562. The summed E-state index contributed by atoms with van der Waals surface area (Å²) in [6, 6.07) is 0. The number of nitrogens with zero attached hydrogens (tertiary/aromatic N) is 2. The van der Waals surface area contributed by atoms with Crippen molar-refractivity contribution < 1.29 is 0 Å². The van der Waals surface area contributed by atoms with Crippen molar-refractivity contribution in [2.75, 3.05) is 6.67 Å². The molecule has 2 nitrogen and oxygen atoms in total. The van der Waals surface area contributed by atoms with Crippen molar-refractivity contribution in [1.29, 1.82) is 0 Å². The molecule has 2 atom stereocenters. The van der Waals surface area contributed by atoms with Crippen LogP contribution >= 0.6 is 0 Å². The lowest BCUT2D eigenvalue weighted by atomic mass is 9.52. The highest BCUT2D eigenvalue weighted by atomic mass is 15.4. The molecule has 0 aromatic carbocycles. The predicted octanol–water partition coefficient (Wildman–Crippen LogP) is 4.58. The van der Waals surface area contributed by atoms with Crippen LogP contribution in [0.2, 0.25) is 0 Å². The van der Waals surface area contributed by atoms with E-state index in [9.17, 15) is 0 Å². The number of hydrogen-bond donors (Lipinski definition) is 0. The number of rotatable bonds is 2. The Morgan fingerprint density at radius 3 is 1.67 bits per heavy atom. The molecule has 9 aliphatic rings. The average molecular weight is 325 g/mol. The molecule has 0 radical (unpaired) electrons. The van der Waals surface area contributed by atoms with Gasteiger partial charge in [0.15, 0.2) is 0 Å². The van der Waals surface area contributed by atoms with Gasteiger partial charge in [-0.2, -0.15) is 0 Å². The minimum Gasteiger partial charge on any atom is -0.353 e. The summed E-state index contributed by atoms with van der Waals surface area (Å²) in [5.74, 6) is 6.37. The molecule has 0 N–H and O–H groups in total. The second kappa shape index (κ2) is 4.18. The van der Waals surface area contributed by atoms with Gasteiger partial charge in [0.2, 0.25) is 0 Å². The van der Waals surface area contributed by atoms with Crippen molar-refractivity contribution in [2.24, 2.45) is 35.5 Å². The molecule has 2 heteroatoms. The molecular formula is C22H32N2. The van der Waals surface area contributed by atoms with Gasteiger partial charge in [-0.3, -0.25) is 0 Å². The molecule has 1 heterocycles.